The second kappa shape index (κ2) is 12.2. The molecule has 0 unspecified atom stereocenters. The molecule has 190 valence electrons. The van der Waals surface area contributed by atoms with Gasteiger partial charge in [-0.3, -0.25) is 4.99 Å². The number of hydrogen-bond acceptors (Lipinski definition) is 6. The summed E-state index contributed by atoms with van der Waals surface area (Å²) < 4.78 is 5.30. The van der Waals surface area contributed by atoms with Gasteiger partial charge in [0, 0.05) is 12.4 Å². The van der Waals surface area contributed by atoms with Crippen molar-refractivity contribution >= 4 is 11.9 Å². The predicted octanol–water partition coefficient (Wildman–Crippen LogP) is 5.28. The number of methoxy groups -OCH3 is 1. The van der Waals surface area contributed by atoms with Crippen molar-refractivity contribution in [1.82, 2.24) is 9.97 Å². The van der Waals surface area contributed by atoms with Crippen molar-refractivity contribution in [3.05, 3.63) is 70.8 Å². The summed E-state index contributed by atoms with van der Waals surface area (Å²) in [5.74, 6) is 0.294. The van der Waals surface area contributed by atoms with Crippen LogP contribution >= 0.6 is 0 Å². The topological polar surface area (TPSA) is 93.5 Å². The maximum absolute atomic E-state index is 12.3. The summed E-state index contributed by atoms with van der Waals surface area (Å²) in [6.45, 7) is 15.6. The second-order valence-electron chi connectivity index (χ2n) is 10.3. The fourth-order valence-electron chi connectivity index (χ4n) is 3.55. The summed E-state index contributed by atoms with van der Waals surface area (Å²) in [5.41, 5.74) is 3.52. The Morgan fingerprint density at radius 1 is 0.857 bits per heavy atom. The molecule has 0 saturated carbocycles. The Morgan fingerprint density at radius 3 is 1.86 bits per heavy atom. The van der Waals surface area contributed by atoms with Crippen LogP contribution in [-0.2, 0) is 27.3 Å². The van der Waals surface area contributed by atoms with Crippen LogP contribution in [0.5, 0.6) is 17.2 Å². The van der Waals surface area contributed by atoms with Gasteiger partial charge in [0.15, 0.2) is 5.82 Å². The van der Waals surface area contributed by atoms with E-state index in [-0.39, 0.29) is 21.9 Å². The van der Waals surface area contributed by atoms with Crippen molar-refractivity contribution in [2.75, 3.05) is 7.11 Å². The van der Waals surface area contributed by atoms with Gasteiger partial charge in [-0.15, -0.1) is 11.5 Å². The normalized spacial score (nSPS) is 11.5. The fourth-order valence-corrected chi connectivity index (χ4v) is 3.55. The van der Waals surface area contributed by atoms with Gasteiger partial charge in [0.25, 0.3) is 0 Å². The van der Waals surface area contributed by atoms with Crippen molar-refractivity contribution in [2.45, 2.75) is 66.2 Å². The molecule has 0 fully saturated rings. The zero-order valence-electron chi connectivity index (χ0n) is 22.0. The molecule has 0 aliphatic carbocycles. The van der Waals surface area contributed by atoms with Gasteiger partial charge < -0.3 is 14.9 Å². The standard InChI is InChI=1S/C15H24O3.C13H13N3.Ni/c1-14(2,3)9-8-10(18-7)11(15(4,5)6)13(17)12(9)16;1-10-5-3-6-11(2)13(10)16-9-12-14-7-4-8-15-12;/h8,16-17H,1-7H3;3-9H,1-2H3;/q;;+2/p-2. The summed E-state index contributed by atoms with van der Waals surface area (Å²) in [7, 11) is 1.53. The van der Waals surface area contributed by atoms with Crippen LogP contribution in [-0.4, -0.2) is 23.3 Å². The fraction of sp³-hybridized carbons (Fsp3) is 0.393. The molecule has 0 spiro atoms. The first-order chi connectivity index (χ1) is 15.8. The Bertz CT molecular complexity index is 1130. The van der Waals surface area contributed by atoms with E-state index in [1.54, 1.807) is 30.7 Å². The molecule has 0 saturated heterocycles. The SMILES string of the molecule is COc1cc(C(C)(C)C)c([O-])c([O-])c1C(C)(C)C.Cc1cccc(C)c1N=Cc1ncccn1.[Ni+2]. The van der Waals surface area contributed by atoms with E-state index in [4.69, 9.17) is 4.74 Å². The Hall–Kier alpha value is -2.92. The third-order valence-electron chi connectivity index (χ3n) is 5.31. The van der Waals surface area contributed by atoms with Crippen molar-refractivity contribution in [1.29, 1.82) is 0 Å². The first-order valence-electron chi connectivity index (χ1n) is 11.2. The molecule has 2 aromatic carbocycles. The molecular weight excluding hydrogens is 485 g/mol. The average molecular weight is 520 g/mol. The average Bonchev–Trinajstić information content (AvgIpc) is 2.74. The van der Waals surface area contributed by atoms with Crippen molar-refractivity contribution in [3.63, 3.8) is 0 Å². The van der Waals surface area contributed by atoms with Crippen LogP contribution in [0.4, 0.5) is 5.69 Å². The van der Waals surface area contributed by atoms with Crippen LogP contribution in [0.15, 0.2) is 47.7 Å². The number of ether oxygens (including phenoxy) is 1. The van der Waals surface area contributed by atoms with Crippen molar-refractivity contribution in [2.24, 2.45) is 4.99 Å². The van der Waals surface area contributed by atoms with Crippen LogP contribution in [0, 0.1) is 13.8 Å². The third kappa shape index (κ3) is 7.79. The zero-order chi connectivity index (χ0) is 25.7. The summed E-state index contributed by atoms with van der Waals surface area (Å²) in [6, 6.07) is 9.63. The maximum atomic E-state index is 12.3. The molecule has 7 heteroatoms. The van der Waals surface area contributed by atoms with Gasteiger partial charge in [-0.05, 0) is 59.1 Å². The van der Waals surface area contributed by atoms with Crippen LogP contribution in [0.3, 0.4) is 0 Å². The minimum Gasteiger partial charge on any atom is -0.873 e. The summed E-state index contributed by atoms with van der Waals surface area (Å²) in [6.07, 6.45) is 5.10. The predicted molar refractivity (Wildman–Crippen MR) is 134 cm³/mol. The summed E-state index contributed by atoms with van der Waals surface area (Å²) in [5, 5.41) is 24.5. The van der Waals surface area contributed by atoms with Gasteiger partial charge in [-0.25, -0.2) is 9.97 Å². The van der Waals surface area contributed by atoms with E-state index in [9.17, 15) is 10.2 Å². The van der Waals surface area contributed by atoms with Crippen LogP contribution in [0.25, 0.3) is 0 Å². The van der Waals surface area contributed by atoms with Gasteiger partial charge in [0.2, 0.25) is 0 Å². The minimum atomic E-state index is -0.438. The first kappa shape index (κ1) is 30.1. The maximum Gasteiger partial charge on any atom is 2.00 e. The van der Waals surface area contributed by atoms with Gasteiger partial charge in [0.1, 0.15) is 5.75 Å². The van der Waals surface area contributed by atoms with Gasteiger partial charge in [-0.1, -0.05) is 59.7 Å². The Kier molecular flexibility index (Phi) is 10.5. The van der Waals surface area contributed by atoms with E-state index < -0.39 is 16.9 Å². The summed E-state index contributed by atoms with van der Waals surface area (Å²) >= 11 is 0. The largest absolute Gasteiger partial charge is 2.00 e. The van der Waals surface area contributed by atoms with Gasteiger partial charge >= 0.3 is 16.5 Å². The molecule has 0 N–H and O–H groups in total. The number of aliphatic imine (C=N–C) groups is 1. The molecule has 6 nitrogen and oxygen atoms in total. The number of aromatic nitrogens is 2. The molecule has 0 aliphatic rings. The number of benzene rings is 2. The molecule has 35 heavy (non-hydrogen) atoms. The van der Waals surface area contributed by atoms with E-state index in [0.717, 1.165) is 16.8 Å². The van der Waals surface area contributed by atoms with Crippen LogP contribution < -0.4 is 14.9 Å². The molecule has 1 aromatic heterocycles. The van der Waals surface area contributed by atoms with E-state index >= 15 is 0 Å². The Labute approximate surface area is 219 Å². The number of nitrogens with zero attached hydrogens (tertiary/aromatic N) is 3. The molecular formula is C28H35N3NiO3. The first-order valence-corrected chi connectivity index (χ1v) is 11.2. The second-order valence-corrected chi connectivity index (χ2v) is 10.3. The van der Waals surface area contributed by atoms with Crippen LogP contribution in [0.2, 0.25) is 0 Å². The summed E-state index contributed by atoms with van der Waals surface area (Å²) in [4.78, 5) is 12.6. The molecule has 0 aliphatic heterocycles. The molecule has 0 amide bonds. The molecule has 3 aromatic rings. The zero-order valence-corrected chi connectivity index (χ0v) is 23.0. The molecule has 3 rings (SSSR count). The number of hydrogen-bond donors (Lipinski definition) is 0. The van der Waals surface area contributed by atoms with Crippen LogP contribution in [0.1, 0.15) is 69.6 Å². The number of rotatable bonds is 3. The smallest absolute Gasteiger partial charge is 0.873 e. The molecule has 0 atom stereocenters. The third-order valence-corrected chi connectivity index (χ3v) is 5.31. The van der Waals surface area contributed by atoms with E-state index in [0.29, 0.717) is 22.7 Å². The number of para-hydroxylation sites is 1. The van der Waals surface area contributed by atoms with E-state index in [1.807, 2.05) is 73.6 Å². The Morgan fingerprint density at radius 2 is 1.40 bits per heavy atom. The van der Waals surface area contributed by atoms with Gasteiger partial charge in [-0.2, -0.15) is 0 Å². The van der Waals surface area contributed by atoms with Crippen molar-refractivity contribution < 1.29 is 31.4 Å². The minimum absolute atomic E-state index is 0. The molecule has 0 radical (unpaired) electrons. The quantitative estimate of drug-likeness (QED) is 0.346. The van der Waals surface area contributed by atoms with E-state index in [1.165, 1.54) is 7.11 Å². The molecule has 0 bridgehead atoms. The Balaban J connectivity index is 0.000000342. The number of aryl methyl sites for hydroxylation is 2. The monoisotopic (exact) mass is 519 g/mol. The van der Waals surface area contributed by atoms with Crippen molar-refractivity contribution in [3.8, 4) is 17.2 Å². The molecule has 1 heterocycles. The van der Waals surface area contributed by atoms with Gasteiger partial charge in [0.05, 0.1) is 19.0 Å². The van der Waals surface area contributed by atoms with E-state index in [2.05, 4.69) is 15.0 Å².